The first-order valence-corrected chi connectivity index (χ1v) is 11.4. The zero-order valence-electron chi connectivity index (χ0n) is 19.0. The highest BCUT2D eigenvalue weighted by molar-refractivity contribution is 5.80. The number of imidazole rings is 1. The standard InChI is InChI=1S/C23H38N6O/c1-5-24-23(27-20-9-13-28(14-10-20)15-16-30-18(2)3)25-11-8-21-17-29-12-6-7-19(4)22(29)26-21/h6-7,12,17-18,20H,5,8-11,13-16H2,1-4H3,(H2,24,25,27). The first kappa shape index (κ1) is 22.6. The van der Waals surface area contributed by atoms with Crippen molar-refractivity contribution in [2.24, 2.45) is 4.99 Å². The maximum Gasteiger partial charge on any atom is 0.191 e. The molecule has 3 heterocycles. The van der Waals surface area contributed by atoms with Gasteiger partial charge in [-0.3, -0.25) is 4.99 Å². The quantitative estimate of drug-likeness (QED) is 0.488. The molecular weight excluding hydrogens is 376 g/mol. The van der Waals surface area contributed by atoms with Crippen LogP contribution in [0.2, 0.25) is 0 Å². The van der Waals surface area contributed by atoms with E-state index in [2.05, 4.69) is 72.2 Å². The molecule has 0 radical (unpaired) electrons. The lowest BCUT2D eigenvalue weighted by Gasteiger charge is -2.33. The van der Waals surface area contributed by atoms with E-state index >= 15 is 0 Å². The average molecular weight is 415 g/mol. The fourth-order valence-electron chi connectivity index (χ4n) is 3.84. The lowest BCUT2D eigenvalue weighted by Crippen LogP contribution is -2.49. The molecule has 0 aromatic carbocycles. The number of pyridine rings is 1. The van der Waals surface area contributed by atoms with Gasteiger partial charge in [-0.2, -0.15) is 0 Å². The number of hydrogen-bond donors (Lipinski definition) is 2. The number of guanidine groups is 1. The number of likely N-dealkylation sites (tertiary alicyclic amines) is 1. The molecule has 0 atom stereocenters. The van der Waals surface area contributed by atoms with E-state index in [-0.39, 0.29) is 0 Å². The maximum absolute atomic E-state index is 5.68. The third-order valence-corrected chi connectivity index (χ3v) is 5.50. The van der Waals surface area contributed by atoms with E-state index in [1.807, 2.05) is 0 Å². The van der Waals surface area contributed by atoms with Crippen LogP contribution in [0.5, 0.6) is 0 Å². The highest BCUT2D eigenvalue weighted by atomic mass is 16.5. The normalized spacial score (nSPS) is 16.5. The monoisotopic (exact) mass is 414 g/mol. The van der Waals surface area contributed by atoms with Crippen LogP contribution in [0.15, 0.2) is 29.5 Å². The molecule has 1 fully saturated rings. The minimum absolute atomic E-state index is 0.313. The molecule has 1 saturated heterocycles. The Balaban J connectivity index is 1.46. The zero-order valence-corrected chi connectivity index (χ0v) is 19.0. The summed E-state index contributed by atoms with van der Waals surface area (Å²) in [5, 5.41) is 7.02. The summed E-state index contributed by atoms with van der Waals surface area (Å²) in [5.74, 6) is 0.916. The van der Waals surface area contributed by atoms with Gasteiger partial charge in [0.1, 0.15) is 5.65 Å². The van der Waals surface area contributed by atoms with Gasteiger partial charge in [0.2, 0.25) is 0 Å². The summed E-state index contributed by atoms with van der Waals surface area (Å²) in [6.45, 7) is 14.0. The Morgan fingerprint density at radius 3 is 2.83 bits per heavy atom. The van der Waals surface area contributed by atoms with E-state index in [9.17, 15) is 0 Å². The molecule has 1 aliphatic rings. The van der Waals surface area contributed by atoms with Gasteiger partial charge in [-0.15, -0.1) is 0 Å². The van der Waals surface area contributed by atoms with E-state index in [1.165, 1.54) is 5.56 Å². The number of fused-ring (bicyclic) bond motifs is 1. The van der Waals surface area contributed by atoms with Crippen LogP contribution in [0.3, 0.4) is 0 Å². The molecule has 2 aromatic heterocycles. The van der Waals surface area contributed by atoms with Crippen LogP contribution in [0.25, 0.3) is 5.65 Å². The van der Waals surface area contributed by atoms with Crippen molar-refractivity contribution in [1.29, 1.82) is 0 Å². The van der Waals surface area contributed by atoms with Crippen LogP contribution in [-0.2, 0) is 11.2 Å². The van der Waals surface area contributed by atoms with E-state index in [0.717, 1.165) is 75.9 Å². The Kier molecular flexibility index (Phi) is 8.51. The van der Waals surface area contributed by atoms with E-state index < -0.39 is 0 Å². The van der Waals surface area contributed by atoms with Gasteiger partial charge < -0.3 is 24.7 Å². The van der Waals surface area contributed by atoms with Gasteiger partial charge in [-0.25, -0.2) is 4.98 Å². The number of ether oxygens (including phenoxy) is 1. The van der Waals surface area contributed by atoms with Crippen molar-refractivity contribution >= 4 is 11.6 Å². The van der Waals surface area contributed by atoms with E-state index in [4.69, 9.17) is 14.7 Å². The van der Waals surface area contributed by atoms with E-state index in [1.54, 1.807) is 0 Å². The maximum atomic E-state index is 5.68. The van der Waals surface area contributed by atoms with Gasteiger partial charge in [-0.05, 0) is 52.2 Å². The summed E-state index contributed by atoms with van der Waals surface area (Å²) < 4.78 is 7.78. The molecule has 30 heavy (non-hydrogen) atoms. The Bertz CT molecular complexity index is 807. The molecule has 0 bridgehead atoms. The number of nitrogens with one attached hydrogen (secondary N) is 2. The van der Waals surface area contributed by atoms with Gasteiger partial charge in [0.25, 0.3) is 0 Å². The van der Waals surface area contributed by atoms with E-state index in [0.29, 0.717) is 12.1 Å². The third kappa shape index (κ3) is 6.71. The molecule has 1 aliphatic heterocycles. The molecular formula is C23H38N6O. The molecule has 0 unspecified atom stereocenters. The van der Waals surface area contributed by atoms with Gasteiger partial charge in [-0.1, -0.05) is 6.07 Å². The largest absolute Gasteiger partial charge is 0.377 e. The number of hydrogen-bond acceptors (Lipinski definition) is 4. The highest BCUT2D eigenvalue weighted by Gasteiger charge is 2.19. The summed E-state index contributed by atoms with van der Waals surface area (Å²) >= 11 is 0. The van der Waals surface area contributed by atoms with Crippen molar-refractivity contribution < 1.29 is 4.74 Å². The van der Waals surface area contributed by atoms with Crippen LogP contribution < -0.4 is 10.6 Å². The van der Waals surface area contributed by atoms with Gasteiger partial charge in [0, 0.05) is 57.6 Å². The summed E-state index contributed by atoms with van der Waals surface area (Å²) in [7, 11) is 0. The SMILES string of the molecule is CCNC(=NCCc1cn2cccc(C)c2n1)NC1CCN(CCOC(C)C)CC1. The molecule has 0 saturated carbocycles. The molecule has 2 N–H and O–H groups in total. The molecule has 3 rings (SSSR count). The van der Waals surface area contributed by atoms with Crippen LogP contribution in [0.1, 0.15) is 44.9 Å². The number of rotatable bonds is 9. The van der Waals surface area contributed by atoms with Crippen molar-refractivity contribution in [3.8, 4) is 0 Å². The van der Waals surface area contributed by atoms with Gasteiger partial charge >= 0.3 is 0 Å². The predicted molar refractivity (Wildman–Crippen MR) is 123 cm³/mol. The van der Waals surface area contributed by atoms with Crippen LogP contribution in [0.4, 0.5) is 0 Å². The second-order valence-electron chi connectivity index (χ2n) is 8.34. The molecule has 0 spiro atoms. The number of nitrogens with zero attached hydrogens (tertiary/aromatic N) is 4. The average Bonchev–Trinajstić information content (AvgIpc) is 3.13. The van der Waals surface area contributed by atoms with Gasteiger partial charge in [0.05, 0.1) is 18.4 Å². The topological polar surface area (TPSA) is 66.2 Å². The van der Waals surface area contributed by atoms with Crippen molar-refractivity contribution in [2.45, 2.75) is 59.1 Å². The summed E-state index contributed by atoms with van der Waals surface area (Å²) in [6.07, 6.45) is 7.58. The number of aromatic nitrogens is 2. The van der Waals surface area contributed by atoms with Crippen molar-refractivity contribution in [1.82, 2.24) is 24.9 Å². The Morgan fingerprint density at radius 1 is 1.33 bits per heavy atom. The Morgan fingerprint density at radius 2 is 2.13 bits per heavy atom. The highest BCUT2D eigenvalue weighted by Crippen LogP contribution is 2.11. The van der Waals surface area contributed by atoms with Crippen LogP contribution in [0, 0.1) is 6.92 Å². The molecule has 7 nitrogen and oxygen atoms in total. The summed E-state index contributed by atoms with van der Waals surface area (Å²) in [4.78, 5) is 12.0. The number of aliphatic imine (C=N–C) groups is 1. The number of piperidine rings is 1. The van der Waals surface area contributed by atoms with Crippen LogP contribution >= 0.6 is 0 Å². The Hall–Kier alpha value is -2.12. The lowest BCUT2D eigenvalue weighted by molar-refractivity contribution is 0.0532. The lowest BCUT2D eigenvalue weighted by atomic mass is 10.1. The second kappa shape index (κ2) is 11.3. The predicted octanol–water partition coefficient (Wildman–Crippen LogP) is 2.63. The summed E-state index contributed by atoms with van der Waals surface area (Å²) in [5.41, 5.74) is 3.32. The van der Waals surface area contributed by atoms with Crippen LogP contribution in [-0.4, -0.2) is 71.7 Å². The smallest absolute Gasteiger partial charge is 0.191 e. The second-order valence-corrected chi connectivity index (χ2v) is 8.34. The molecule has 0 aliphatic carbocycles. The minimum atomic E-state index is 0.313. The fourth-order valence-corrected chi connectivity index (χ4v) is 3.84. The first-order valence-electron chi connectivity index (χ1n) is 11.4. The molecule has 7 heteroatoms. The van der Waals surface area contributed by atoms with Gasteiger partial charge in [0.15, 0.2) is 5.96 Å². The van der Waals surface area contributed by atoms with Crippen molar-refractivity contribution in [3.63, 3.8) is 0 Å². The molecule has 0 amide bonds. The van der Waals surface area contributed by atoms with Crippen molar-refractivity contribution in [2.75, 3.05) is 39.3 Å². The fraction of sp³-hybridized carbons (Fsp3) is 0.652. The summed E-state index contributed by atoms with van der Waals surface area (Å²) in [6, 6.07) is 4.63. The third-order valence-electron chi connectivity index (χ3n) is 5.50. The van der Waals surface area contributed by atoms with Crippen molar-refractivity contribution in [3.05, 3.63) is 35.8 Å². The molecule has 2 aromatic rings. The first-order chi connectivity index (χ1) is 14.5. The Labute approximate surface area is 180 Å². The minimum Gasteiger partial charge on any atom is -0.377 e. The zero-order chi connectivity index (χ0) is 21.3. The number of aryl methyl sites for hydroxylation is 1. The molecule has 166 valence electrons.